The first-order valence-corrected chi connectivity index (χ1v) is 9.27. The number of carbonyl (C=O) groups is 2. The first-order valence-electron chi connectivity index (χ1n) is 8.22. The Hall–Kier alpha value is -1.90. The van der Waals surface area contributed by atoms with Gasteiger partial charge in [0.2, 0.25) is 5.91 Å². The van der Waals surface area contributed by atoms with Crippen LogP contribution in [0.5, 0.6) is 5.75 Å². The van der Waals surface area contributed by atoms with Crippen LogP contribution in [0, 0.1) is 0 Å². The third kappa shape index (κ3) is 6.12. The summed E-state index contributed by atoms with van der Waals surface area (Å²) in [7, 11) is 0. The van der Waals surface area contributed by atoms with Gasteiger partial charge in [0.1, 0.15) is 17.7 Å². The van der Waals surface area contributed by atoms with Gasteiger partial charge >= 0.3 is 12.3 Å². The van der Waals surface area contributed by atoms with Gasteiger partial charge in [0.15, 0.2) is 0 Å². The molecule has 1 aliphatic heterocycles. The van der Waals surface area contributed by atoms with Gasteiger partial charge in [-0.05, 0) is 24.1 Å². The molecule has 5 nitrogen and oxygen atoms in total. The molecule has 144 valence electrons. The number of esters is 1. The molecule has 1 saturated heterocycles. The Bertz CT molecular complexity index is 639. The molecule has 9 heteroatoms. The van der Waals surface area contributed by atoms with Gasteiger partial charge in [-0.15, -0.1) is 24.9 Å². The van der Waals surface area contributed by atoms with E-state index in [2.05, 4.69) is 4.74 Å². The molecule has 2 rings (SSSR count). The van der Waals surface area contributed by atoms with Crippen molar-refractivity contribution in [3.63, 3.8) is 0 Å². The summed E-state index contributed by atoms with van der Waals surface area (Å²) in [6, 6.07) is 5.42. The lowest BCUT2D eigenvalue weighted by molar-refractivity contribution is -0.274. The highest BCUT2D eigenvalue weighted by Gasteiger charge is 2.35. The molecule has 1 amide bonds. The normalized spacial score (nSPS) is 17.5. The number of benzene rings is 1. The molecule has 1 aliphatic rings. The smallest absolute Gasteiger partial charge is 0.464 e. The summed E-state index contributed by atoms with van der Waals surface area (Å²) in [5.74, 6) is -0.993. The van der Waals surface area contributed by atoms with Crippen LogP contribution in [0.4, 0.5) is 13.2 Å². The highest BCUT2D eigenvalue weighted by molar-refractivity contribution is 8.00. The van der Waals surface area contributed by atoms with E-state index in [1.165, 1.54) is 34.9 Å². The monoisotopic (exact) mass is 391 g/mol. The van der Waals surface area contributed by atoms with E-state index in [0.717, 1.165) is 19.3 Å². The molecule has 0 radical (unpaired) electrons. The molecule has 1 heterocycles. The summed E-state index contributed by atoms with van der Waals surface area (Å²) in [4.78, 5) is 25.3. The van der Waals surface area contributed by atoms with Crippen LogP contribution in [0.3, 0.4) is 0 Å². The standard InChI is InChI=1S/C17H20F3NO4S/c1-2-3-4-8-24-15(23)10-21-14(22)11-26-16(21)12-6-5-7-13(9-12)25-17(18,19)20/h5-7,9,16H,2-4,8,10-11H2,1H3. The van der Waals surface area contributed by atoms with E-state index in [1.54, 1.807) is 6.07 Å². The fourth-order valence-corrected chi connectivity index (χ4v) is 3.67. The molecular weight excluding hydrogens is 371 g/mol. The van der Waals surface area contributed by atoms with E-state index in [0.29, 0.717) is 12.2 Å². The number of nitrogens with zero attached hydrogens (tertiary/aromatic N) is 1. The SMILES string of the molecule is CCCCCOC(=O)CN1C(=O)CSC1c1cccc(OC(F)(F)F)c1. The van der Waals surface area contributed by atoms with Crippen LogP contribution in [-0.2, 0) is 14.3 Å². The molecule has 0 N–H and O–H groups in total. The van der Waals surface area contributed by atoms with E-state index in [9.17, 15) is 22.8 Å². The Morgan fingerprint density at radius 2 is 2.12 bits per heavy atom. The number of hydrogen-bond acceptors (Lipinski definition) is 5. The van der Waals surface area contributed by atoms with Crippen molar-refractivity contribution in [1.82, 2.24) is 4.90 Å². The molecule has 0 bridgehead atoms. The van der Waals surface area contributed by atoms with Gasteiger partial charge < -0.3 is 14.4 Å². The largest absolute Gasteiger partial charge is 0.573 e. The Morgan fingerprint density at radius 1 is 1.35 bits per heavy atom. The Kier molecular flexibility index (Phi) is 7.19. The number of hydrogen-bond donors (Lipinski definition) is 0. The second-order valence-corrected chi connectivity index (χ2v) is 6.80. The maximum Gasteiger partial charge on any atom is 0.573 e. The van der Waals surface area contributed by atoms with Crippen molar-refractivity contribution < 1.29 is 32.2 Å². The molecular formula is C17H20F3NO4S. The minimum atomic E-state index is -4.79. The van der Waals surface area contributed by atoms with E-state index >= 15 is 0 Å². The van der Waals surface area contributed by atoms with E-state index in [4.69, 9.17) is 4.74 Å². The molecule has 26 heavy (non-hydrogen) atoms. The number of halogens is 3. The van der Waals surface area contributed by atoms with Gasteiger partial charge in [0.25, 0.3) is 0 Å². The van der Waals surface area contributed by atoms with Crippen LogP contribution >= 0.6 is 11.8 Å². The van der Waals surface area contributed by atoms with E-state index < -0.39 is 17.7 Å². The maximum atomic E-state index is 12.4. The van der Waals surface area contributed by atoms with Gasteiger partial charge in [-0.3, -0.25) is 9.59 Å². The number of amides is 1. The summed E-state index contributed by atoms with van der Waals surface area (Å²) >= 11 is 1.24. The molecule has 1 unspecified atom stereocenters. The zero-order valence-corrected chi connectivity index (χ0v) is 15.1. The average Bonchev–Trinajstić information content (AvgIpc) is 2.91. The second-order valence-electron chi connectivity index (χ2n) is 5.73. The number of carbonyl (C=O) groups excluding carboxylic acids is 2. The third-order valence-electron chi connectivity index (χ3n) is 3.66. The zero-order chi connectivity index (χ0) is 19.2. The predicted octanol–water partition coefficient (Wildman–Crippen LogP) is 3.89. The summed E-state index contributed by atoms with van der Waals surface area (Å²) in [5.41, 5.74) is 0.460. The molecule has 1 aromatic rings. The lowest BCUT2D eigenvalue weighted by Gasteiger charge is -2.23. The van der Waals surface area contributed by atoms with Crippen molar-refractivity contribution in [2.24, 2.45) is 0 Å². The average molecular weight is 391 g/mol. The van der Waals surface area contributed by atoms with Crippen LogP contribution in [0.2, 0.25) is 0 Å². The summed E-state index contributed by atoms with van der Waals surface area (Å²) in [6.45, 7) is 2.09. The number of ether oxygens (including phenoxy) is 2. The second kappa shape index (κ2) is 9.16. The van der Waals surface area contributed by atoms with Crippen molar-refractivity contribution in [2.45, 2.75) is 37.9 Å². The third-order valence-corrected chi connectivity index (χ3v) is 4.91. The highest BCUT2D eigenvalue weighted by Crippen LogP contribution is 2.39. The maximum absolute atomic E-state index is 12.4. The quantitative estimate of drug-likeness (QED) is 0.497. The number of rotatable bonds is 8. The van der Waals surface area contributed by atoms with Gasteiger partial charge in [0, 0.05) is 0 Å². The lowest BCUT2D eigenvalue weighted by Crippen LogP contribution is -2.34. The van der Waals surface area contributed by atoms with Gasteiger partial charge in [0.05, 0.1) is 12.4 Å². The van der Waals surface area contributed by atoms with E-state index in [1.807, 2.05) is 6.92 Å². The first-order chi connectivity index (χ1) is 12.3. The fraction of sp³-hybridized carbons (Fsp3) is 0.529. The van der Waals surface area contributed by atoms with Crippen LogP contribution in [-0.4, -0.2) is 42.0 Å². The van der Waals surface area contributed by atoms with Crippen molar-refractivity contribution in [3.05, 3.63) is 29.8 Å². The van der Waals surface area contributed by atoms with Crippen LogP contribution in [0.15, 0.2) is 24.3 Å². The van der Waals surface area contributed by atoms with Gasteiger partial charge in [-0.2, -0.15) is 0 Å². The molecule has 0 aliphatic carbocycles. The van der Waals surface area contributed by atoms with Crippen molar-refractivity contribution in [3.8, 4) is 5.75 Å². The number of unbranched alkanes of at least 4 members (excludes halogenated alkanes) is 2. The number of thioether (sulfide) groups is 1. The van der Waals surface area contributed by atoms with Crippen molar-refractivity contribution in [2.75, 3.05) is 18.9 Å². The molecule has 0 spiro atoms. The topological polar surface area (TPSA) is 55.8 Å². The summed E-state index contributed by atoms with van der Waals surface area (Å²) in [6.07, 6.45) is -2.10. The number of alkyl halides is 3. The molecule has 0 aromatic heterocycles. The van der Waals surface area contributed by atoms with Crippen LogP contribution in [0.1, 0.15) is 37.1 Å². The fourth-order valence-electron chi connectivity index (χ4n) is 2.49. The lowest BCUT2D eigenvalue weighted by atomic mass is 10.2. The molecule has 1 aromatic carbocycles. The van der Waals surface area contributed by atoms with Crippen LogP contribution in [0.25, 0.3) is 0 Å². The predicted molar refractivity (Wildman–Crippen MR) is 90.5 cm³/mol. The molecule has 0 saturated carbocycles. The van der Waals surface area contributed by atoms with E-state index in [-0.39, 0.29) is 24.0 Å². The van der Waals surface area contributed by atoms with Crippen molar-refractivity contribution >= 4 is 23.6 Å². The summed E-state index contributed by atoms with van der Waals surface area (Å²) < 4.78 is 46.2. The highest BCUT2D eigenvalue weighted by atomic mass is 32.2. The Morgan fingerprint density at radius 3 is 2.81 bits per heavy atom. The molecule has 1 atom stereocenters. The minimum Gasteiger partial charge on any atom is -0.464 e. The van der Waals surface area contributed by atoms with Crippen LogP contribution < -0.4 is 4.74 Å². The Labute approximate surface area is 153 Å². The molecule has 1 fully saturated rings. The van der Waals surface area contributed by atoms with Gasteiger partial charge in [-0.1, -0.05) is 31.9 Å². The summed E-state index contributed by atoms with van der Waals surface area (Å²) in [5, 5.41) is -0.553. The van der Waals surface area contributed by atoms with Gasteiger partial charge in [-0.25, -0.2) is 0 Å². The Balaban J connectivity index is 2.02. The minimum absolute atomic E-state index is 0.151. The van der Waals surface area contributed by atoms with Crippen molar-refractivity contribution in [1.29, 1.82) is 0 Å². The first kappa shape index (κ1) is 20.4. The zero-order valence-electron chi connectivity index (χ0n) is 14.3.